The standard InChI is InChI=1S/C7H5NO2S/c1-2-3-4-5-6-7-11-10-9-8/h8H2,1H3. The molecule has 4 heteroatoms. The molecule has 0 fully saturated rings. The van der Waals surface area contributed by atoms with Gasteiger partial charge in [0.15, 0.2) is 0 Å². The van der Waals surface area contributed by atoms with E-state index in [1.54, 1.807) is 6.92 Å². The molecule has 0 unspecified atom stereocenters. The van der Waals surface area contributed by atoms with Crippen LogP contribution in [-0.4, -0.2) is 0 Å². The van der Waals surface area contributed by atoms with Crippen molar-refractivity contribution in [1.82, 2.24) is 0 Å². The van der Waals surface area contributed by atoms with Crippen LogP contribution in [-0.2, 0) is 9.32 Å². The molecule has 0 aliphatic heterocycles. The van der Waals surface area contributed by atoms with Crippen molar-refractivity contribution in [2.45, 2.75) is 6.92 Å². The van der Waals surface area contributed by atoms with Gasteiger partial charge in [0.05, 0.1) is 0 Å². The lowest BCUT2D eigenvalue weighted by Gasteiger charge is -1.82. The maximum atomic E-state index is 4.52. The highest BCUT2D eigenvalue weighted by atomic mass is 32.2. The molecule has 0 aromatic rings. The van der Waals surface area contributed by atoms with Crippen LogP contribution in [0.2, 0.25) is 0 Å². The molecule has 3 nitrogen and oxygen atoms in total. The molecule has 0 heterocycles. The minimum absolute atomic E-state index is 0.752. The quantitative estimate of drug-likeness (QED) is 0.213. The van der Waals surface area contributed by atoms with Gasteiger partial charge in [0, 0.05) is 11.2 Å². The molecule has 0 rings (SSSR count). The molecule has 0 saturated carbocycles. The first kappa shape index (κ1) is 9.91. The summed E-state index contributed by atoms with van der Waals surface area (Å²) in [6.45, 7) is 1.70. The first-order chi connectivity index (χ1) is 5.41. The Kier molecular flexibility index (Phi) is 8.03. The Balaban J connectivity index is 3.54. The molecule has 0 saturated heterocycles. The van der Waals surface area contributed by atoms with Gasteiger partial charge in [0.2, 0.25) is 0 Å². The van der Waals surface area contributed by atoms with Gasteiger partial charge in [-0.3, -0.25) is 0 Å². The molecular formula is C7H5NO2S. The second kappa shape index (κ2) is 8.91. The summed E-state index contributed by atoms with van der Waals surface area (Å²) in [5.74, 6) is 17.0. The van der Waals surface area contributed by atoms with Crippen LogP contribution in [0.4, 0.5) is 0 Å². The third kappa shape index (κ3) is 8.91. The third-order valence-corrected chi connectivity index (χ3v) is 0.811. The van der Waals surface area contributed by atoms with E-state index in [0.717, 1.165) is 12.0 Å². The fourth-order valence-corrected chi connectivity index (χ4v) is 0.374. The molecule has 0 spiro atoms. The maximum Gasteiger partial charge on any atom is 0.124 e. The van der Waals surface area contributed by atoms with Crippen LogP contribution in [0.15, 0.2) is 0 Å². The Hall–Kier alpha value is -1.09. The lowest BCUT2D eigenvalue weighted by atomic mass is 10.5. The molecule has 0 radical (unpaired) electrons. The van der Waals surface area contributed by atoms with Crippen LogP contribution in [0, 0.1) is 34.9 Å². The van der Waals surface area contributed by atoms with E-state index in [1.165, 1.54) is 0 Å². The molecule has 2 N–H and O–H groups in total. The van der Waals surface area contributed by atoms with E-state index in [1.807, 2.05) is 0 Å². The van der Waals surface area contributed by atoms with Gasteiger partial charge in [0.1, 0.15) is 12.0 Å². The minimum atomic E-state index is 0.752. The van der Waals surface area contributed by atoms with Crippen molar-refractivity contribution in [2.75, 3.05) is 0 Å². The molecule has 0 aromatic heterocycles. The maximum absolute atomic E-state index is 4.52. The highest BCUT2D eigenvalue weighted by Crippen LogP contribution is 1.95. The zero-order valence-corrected chi connectivity index (χ0v) is 6.62. The van der Waals surface area contributed by atoms with Crippen LogP contribution in [0.25, 0.3) is 0 Å². The SMILES string of the molecule is CC#CC#CC#CSOON. The second-order valence-electron chi connectivity index (χ2n) is 1.10. The third-order valence-electron chi connectivity index (χ3n) is 0.479. The molecule has 0 atom stereocenters. The first-order valence-electron chi connectivity index (χ1n) is 2.52. The normalized spacial score (nSPS) is 6.00. The van der Waals surface area contributed by atoms with E-state index >= 15 is 0 Å². The highest BCUT2D eigenvalue weighted by molar-refractivity contribution is 7.99. The van der Waals surface area contributed by atoms with E-state index in [-0.39, 0.29) is 0 Å². The van der Waals surface area contributed by atoms with Gasteiger partial charge < -0.3 is 0 Å². The monoisotopic (exact) mass is 167 g/mol. The van der Waals surface area contributed by atoms with Gasteiger partial charge in [-0.25, -0.2) is 0 Å². The summed E-state index contributed by atoms with van der Waals surface area (Å²) < 4.78 is 4.16. The van der Waals surface area contributed by atoms with E-state index in [9.17, 15) is 0 Å². The van der Waals surface area contributed by atoms with E-state index < -0.39 is 0 Å². The molecule has 0 amide bonds. The fraction of sp³-hybridized carbons (Fsp3) is 0.143. The van der Waals surface area contributed by atoms with E-state index in [2.05, 4.69) is 50.1 Å². The van der Waals surface area contributed by atoms with Crippen molar-refractivity contribution in [3.05, 3.63) is 0 Å². The minimum Gasteiger partial charge on any atom is -0.182 e. The second-order valence-corrected chi connectivity index (χ2v) is 1.61. The summed E-state index contributed by atoms with van der Waals surface area (Å²) in [5, 5.41) is 2.44. The van der Waals surface area contributed by atoms with Gasteiger partial charge in [-0.15, -0.1) is 9.32 Å². The number of hydrogen-bond donors (Lipinski definition) is 1. The van der Waals surface area contributed by atoms with E-state index in [4.69, 9.17) is 0 Å². The molecule has 0 aliphatic carbocycles. The Bertz CT molecular complexity index is 268. The van der Waals surface area contributed by atoms with Crippen molar-refractivity contribution in [2.24, 2.45) is 5.90 Å². The molecule has 0 bridgehead atoms. The zero-order chi connectivity index (χ0) is 8.36. The summed E-state index contributed by atoms with van der Waals surface area (Å²) in [5.41, 5.74) is 0. The van der Waals surface area contributed by atoms with Crippen molar-refractivity contribution in [1.29, 1.82) is 0 Å². The van der Waals surface area contributed by atoms with Gasteiger partial charge in [-0.1, -0.05) is 5.92 Å². The zero-order valence-electron chi connectivity index (χ0n) is 5.80. The fourth-order valence-electron chi connectivity index (χ4n) is 0.208. The van der Waals surface area contributed by atoms with Gasteiger partial charge in [0.25, 0.3) is 0 Å². The highest BCUT2D eigenvalue weighted by Gasteiger charge is 1.74. The predicted molar refractivity (Wildman–Crippen MR) is 43.0 cm³/mol. The van der Waals surface area contributed by atoms with Crippen LogP contribution in [0.5, 0.6) is 0 Å². The van der Waals surface area contributed by atoms with E-state index in [0.29, 0.717) is 0 Å². The van der Waals surface area contributed by atoms with Crippen LogP contribution >= 0.6 is 12.0 Å². The Morgan fingerprint density at radius 1 is 1.18 bits per heavy atom. The van der Waals surface area contributed by atoms with Crippen LogP contribution in [0.1, 0.15) is 6.92 Å². The Morgan fingerprint density at radius 2 is 1.91 bits per heavy atom. The molecule has 11 heavy (non-hydrogen) atoms. The predicted octanol–water partition coefficient (Wildman–Crippen LogP) is 0.444. The largest absolute Gasteiger partial charge is 0.182 e. The summed E-state index contributed by atoms with van der Waals surface area (Å²) in [7, 11) is 0. The van der Waals surface area contributed by atoms with Gasteiger partial charge in [-0.05, 0) is 24.7 Å². The van der Waals surface area contributed by atoms with Crippen molar-refractivity contribution in [3.8, 4) is 34.9 Å². The number of rotatable bonds is 2. The number of nitrogens with two attached hydrogens (primary N) is 1. The molecule has 0 aromatic carbocycles. The van der Waals surface area contributed by atoms with Crippen molar-refractivity contribution < 1.29 is 9.32 Å². The van der Waals surface area contributed by atoms with Crippen LogP contribution in [0.3, 0.4) is 0 Å². The number of hydrogen-bond acceptors (Lipinski definition) is 4. The summed E-state index contributed by atoms with van der Waals surface area (Å²) >= 11 is 0.752. The molecular weight excluding hydrogens is 162 g/mol. The topological polar surface area (TPSA) is 44.5 Å². The average Bonchev–Trinajstić information content (AvgIpc) is 2.03. The van der Waals surface area contributed by atoms with Crippen molar-refractivity contribution >= 4 is 12.0 Å². The van der Waals surface area contributed by atoms with Gasteiger partial charge >= 0.3 is 0 Å². The Morgan fingerprint density at radius 3 is 2.55 bits per heavy atom. The van der Waals surface area contributed by atoms with Crippen LogP contribution < -0.4 is 5.90 Å². The lowest BCUT2D eigenvalue weighted by Crippen LogP contribution is -1.92. The first-order valence-corrected chi connectivity index (χ1v) is 3.26. The summed E-state index contributed by atoms with van der Waals surface area (Å²) in [6, 6.07) is 0. The molecule has 0 aliphatic rings. The average molecular weight is 167 g/mol. The van der Waals surface area contributed by atoms with Gasteiger partial charge in [-0.2, -0.15) is 5.90 Å². The Labute approximate surface area is 69.7 Å². The molecule has 56 valence electrons. The lowest BCUT2D eigenvalue weighted by molar-refractivity contribution is -0.194. The summed E-state index contributed by atoms with van der Waals surface area (Å²) in [4.78, 5) is 3.75. The smallest absolute Gasteiger partial charge is 0.124 e. The summed E-state index contributed by atoms with van der Waals surface area (Å²) in [6.07, 6.45) is 0. The van der Waals surface area contributed by atoms with Crippen molar-refractivity contribution in [3.63, 3.8) is 0 Å².